The first-order valence-corrected chi connectivity index (χ1v) is 8.52. The van der Waals surface area contributed by atoms with Crippen molar-refractivity contribution in [3.8, 4) is 0 Å². The Morgan fingerprint density at radius 2 is 1.71 bits per heavy atom. The second kappa shape index (κ2) is 8.51. The SMILES string of the molecule is Cc1ccc(C2CCC(CCCCCCF)CC2)cc1F. The Kier molecular flexibility index (Phi) is 6.66. The molecule has 0 aliphatic heterocycles. The molecule has 0 aromatic heterocycles. The zero-order chi connectivity index (χ0) is 15.1. The average molecular weight is 294 g/mol. The zero-order valence-electron chi connectivity index (χ0n) is 13.2. The van der Waals surface area contributed by atoms with Crippen LogP contribution < -0.4 is 0 Å². The van der Waals surface area contributed by atoms with Crippen LogP contribution in [0.15, 0.2) is 18.2 Å². The second-order valence-electron chi connectivity index (χ2n) is 6.62. The van der Waals surface area contributed by atoms with Crippen LogP contribution in [0.25, 0.3) is 0 Å². The van der Waals surface area contributed by atoms with Crippen LogP contribution in [0.4, 0.5) is 8.78 Å². The molecule has 0 atom stereocenters. The molecule has 0 unspecified atom stereocenters. The molecular formula is C19H28F2. The molecule has 0 amide bonds. The van der Waals surface area contributed by atoms with Crippen molar-refractivity contribution in [2.45, 2.75) is 70.6 Å². The summed E-state index contributed by atoms with van der Waals surface area (Å²) < 4.78 is 25.7. The Labute approximate surface area is 128 Å². The Bertz CT molecular complexity index is 420. The maximum atomic E-state index is 13.7. The molecule has 1 aromatic rings. The predicted octanol–water partition coefficient (Wildman–Crippen LogP) is 6.33. The van der Waals surface area contributed by atoms with E-state index in [4.69, 9.17) is 0 Å². The number of hydrogen-bond acceptors (Lipinski definition) is 0. The van der Waals surface area contributed by atoms with Gasteiger partial charge >= 0.3 is 0 Å². The van der Waals surface area contributed by atoms with Crippen LogP contribution in [0, 0.1) is 18.7 Å². The number of aryl methyl sites for hydroxylation is 1. The minimum atomic E-state index is -0.168. The molecule has 0 bridgehead atoms. The lowest BCUT2D eigenvalue weighted by molar-refractivity contribution is 0.301. The Hall–Kier alpha value is -0.920. The topological polar surface area (TPSA) is 0 Å². The summed E-state index contributed by atoms with van der Waals surface area (Å²) in [6, 6.07) is 5.74. The van der Waals surface area contributed by atoms with Gasteiger partial charge < -0.3 is 0 Å². The van der Waals surface area contributed by atoms with Gasteiger partial charge in [-0.05, 0) is 68.1 Å². The molecule has 2 heteroatoms. The first kappa shape index (κ1) is 16.5. The van der Waals surface area contributed by atoms with Crippen LogP contribution in [0.2, 0.25) is 0 Å². The number of unbranched alkanes of at least 4 members (excludes halogenated alkanes) is 3. The maximum absolute atomic E-state index is 13.7. The van der Waals surface area contributed by atoms with E-state index < -0.39 is 0 Å². The van der Waals surface area contributed by atoms with Gasteiger partial charge in [0.1, 0.15) is 5.82 Å². The van der Waals surface area contributed by atoms with Crippen LogP contribution in [-0.4, -0.2) is 6.67 Å². The number of halogens is 2. The summed E-state index contributed by atoms with van der Waals surface area (Å²) in [4.78, 5) is 0. The van der Waals surface area contributed by atoms with E-state index in [2.05, 4.69) is 6.07 Å². The molecule has 1 aliphatic carbocycles. The average Bonchev–Trinajstić information content (AvgIpc) is 2.50. The summed E-state index contributed by atoms with van der Waals surface area (Å²) >= 11 is 0. The van der Waals surface area contributed by atoms with Crippen LogP contribution >= 0.6 is 0 Å². The van der Waals surface area contributed by atoms with E-state index in [9.17, 15) is 8.78 Å². The van der Waals surface area contributed by atoms with Gasteiger partial charge in [0.05, 0.1) is 6.67 Å². The lowest BCUT2D eigenvalue weighted by atomic mass is 9.77. The number of benzene rings is 1. The molecule has 118 valence electrons. The first-order valence-electron chi connectivity index (χ1n) is 8.52. The largest absolute Gasteiger partial charge is 0.251 e. The van der Waals surface area contributed by atoms with Crippen molar-refractivity contribution in [2.75, 3.05) is 6.67 Å². The van der Waals surface area contributed by atoms with E-state index in [-0.39, 0.29) is 12.5 Å². The number of rotatable bonds is 7. The summed E-state index contributed by atoms with van der Waals surface area (Å²) in [7, 11) is 0. The smallest absolute Gasteiger partial charge is 0.126 e. The van der Waals surface area contributed by atoms with Crippen LogP contribution in [0.3, 0.4) is 0 Å². The lowest BCUT2D eigenvalue weighted by Crippen LogP contribution is -2.13. The fourth-order valence-corrected chi connectivity index (χ4v) is 3.53. The summed E-state index contributed by atoms with van der Waals surface area (Å²) in [5.41, 5.74) is 1.92. The predicted molar refractivity (Wildman–Crippen MR) is 84.9 cm³/mol. The number of hydrogen-bond donors (Lipinski definition) is 0. The highest BCUT2D eigenvalue weighted by Crippen LogP contribution is 2.38. The quantitative estimate of drug-likeness (QED) is 0.516. The maximum Gasteiger partial charge on any atom is 0.126 e. The monoisotopic (exact) mass is 294 g/mol. The van der Waals surface area contributed by atoms with Gasteiger partial charge in [-0.3, -0.25) is 4.39 Å². The molecule has 0 N–H and O–H groups in total. The molecule has 1 aromatic carbocycles. The molecule has 1 aliphatic rings. The van der Waals surface area contributed by atoms with Crippen molar-refractivity contribution in [2.24, 2.45) is 5.92 Å². The molecule has 0 saturated heterocycles. The van der Waals surface area contributed by atoms with Gasteiger partial charge in [-0.15, -0.1) is 0 Å². The fraction of sp³-hybridized carbons (Fsp3) is 0.684. The summed E-state index contributed by atoms with van der Waals surface area (Å²) in [6.45, 7) is 1.65. The van der Waals surface area contributed by atoms with Gasteiger partial charge in [0.2, 0.25) is 0 Å². The molecule has 0 nitrogen and oxygen atoms in total. The van der Waals surface area contributed by atoms with Crippen molar-refractivity contribution >= 4 is 0 Å². The van der Waals surface area contributed by atoms with E-state index in [1.54, 1.807) is 6.07 Å². The third-order valence-corrected chi connectivity index (χ3v) is 5.01. The van der Waals surface area contributed by atoms with Gasteiger partial charge in [-0.25, -0.2) is 4.39 Å². The van der Waals surface area contributed by atoms with Crippen molar-refractivity contribution < 1.29 is 8.78 Å². The highest BCUT2D eigenvalue weighted by molar-refractivity contribution is 5.26. The minimum Gasteiger partial charge on any atom is -0.251 e. The molecule has 0 radical (unpaired) electrons. The molecular weight excluding hydrogens is 266 g/mol. The molecule has 21 heavy (non-hydrogen) atoms. The van der Waals surface area contributed by atoms with E-state index in [1.807, 2.05) is 13.0 Å². The van der Waals surface area contributed by atoms with Crippen LogP contribution in [0.1, 0.15) is 74.8 Å². The Balaban J connectivity index is 1.71. The highest BCUT2D eigenvalue weighted by Gasteiger charge is 2.22. The summed E-state index contributed by atoms with van der Waals surface area (Å²) in [6.07, 6.45) is 10.4. The van der Waals surface area contributed by atoms with E-state index >= 15 is 0 Å². The van der Waals surface area contributed by atoms with Crippen molar-refractivity contribution in [3.05, 3.63) is 35.1 Å². The first-order chi connectivity index (χ1) is 10.2. The van der Waals surface area contributed by atoms with Gasteiger partial charge in [0.25, 0.3) is 0 Å². The standard InChI is InChI=1S/C19H28F2/c1-15-7-10-18(14-19(15)21)17-11-8-16(9-12-17)6-4-2-3-5-13-20/h7,10,14,16-17H,2-6,8-9,11-13H2,1H3. The Morgan fingerprint density at radius 1 is 1.00 bits per heavy atom. The third kappa shape index (κ3) is 5.09. The Morgan fingerprint density at radius 3 is 2.38 bits per heavy atom. The third-order valence-electron chi connectivity index (χ3n) is 5.01. The molecule has 0 spiro atoms. The lowest BCUT2D eigenvalue weighted by Gasteiger charge is -2.29. The van der Waals surface area contributed by atoms with Crippen molar-refractivity contribution in [3.63, 3.8) is 0 Å². The van der Waals surface area contributed by atoms with E-state index in [0.29, 0.717) is 5.92 Å². The van der Waals surface area contributed by atoms with E-state index in [1.165, 1.54) is 50.5 Å². The van der Waals surface area contributed by atoms with Crippen LogP contribution in [-0.2, 0) is 0 Å². The normalized spacial score (nSPS) is 22.4. The minimum absolute atomic E-state index is 0.0671. The van der Waals surface area contributed by atoms with Gasteiger partial charge in [-0.2, -0.15) is 0 Å². The van der Waals surface area contributed by atoms with Gasteiger partial charge in [0.15, 0.2) is 0 Å². The molecule has 1 saturated carbocycles. The van der Waals surface area contributed by atoms with Crippen LogP contribution in [0.5, 0.6) is 0 Å². The van der Waals surface area contributed by atoms with Gasteiger partial charge in [-0.1, -0.05) is 37.8 Å². The summed E-state index contributed by atoms with van der Waals surface area (Å²) in [5, 5.41) is 0. The molecule has 0 heterocycles. The summed E-state index contributed by atoms with van der Waals surface area (Å²) in [5.74, 6) is 1.31. The van der Waals surface area contributed by atoms with Crippen molar-refractivity contribution in [1.29, 1.82) is 0 Å². The van der Waals surface area contributed by atoms with Gasteiger partial charge in [0, 0.05) is 0 Å². The fourth-order valence-electron chi connectivity index (χ4n) is 3.53. The molecule has 2 rings (SSSR count). The second-order valence-corrected chi connectivity index (χ2v) is 6.62. The molecule has 1 fully saturated rings. The highest BCUT2D eigenvalue weighted by atomic mass is 19.1. The zero-order valence-corrected chi connectivity index (χ0v) is 13.2. The number of alkyl halides is 1. The van der Waals surface area contributed by atoms with Crippen molar-refractivity contribution in [1.82, 2.24) is 0 Å². The van der Waals surface area contributed by atoms with E-state index in [0.717, 1.165) is 24.3 Å².